The maximum absolute atomic E-state index is 5.73. The van der Waals surface area contributed by atoms with Gasteiger partial charge in [0.2, 0.25) is 0 Å². The van der Waals surface area contributed by atoms with E-state index in [1.54, 1.807) is 0 Å². The van der Waals surface area contributed by atoms with Gasteiger partial charge in [-0.25, -0.2) is 0 Å². The van der Waals surface area contributed by atoms with Crippen LogP contribution < -0.4 is 4.74 Å². The average Bonchev–Trinajstić information content (AvgIpc) is 2.29. The van der Waals surface area contributed by atoms with E-state index < -0.39 is 0 Å². The van der Waals surface area contributed by atoms with Gasteiger partial charge in [-0.05, 0) is 60.3 Å². The van der Waals surface area contributed by atoms with Crippen LogP contribution in [0.5, 0.6) is 5.75 Å². The number of hydrogen-bond acceptors (Lipinski definition) is 2. The first-order valence-corrected chi connectivity index (χ1v) is 6.86. The Morgan fingerprint density at radius 1 is 1.25 bits per heavy atom. The number of hydrogen-bond donors (Lipinski definition) is 0. The lowest BCUT2D eigenvalue weighted by Gasteiger charge is -2.18. The molecule has 3 heteroatoms. The Balaban J connectivity index is 2.40. The van der Waals surface area contributed by atoms with Crippen molar-refractivity contribution in [3.8, 4) is 5.75 Å². The van der Waals surface area contributed by atoms with E-state index in [-0.39, 0.29) is 0 Å². The lowest BCUT2D eigenvalue weighted by Crippen LogP contribution is -2.27. The first kappa shape index (κ1) is 13.8. The molecule has 1 rings (SSSR count). The van der Waals surface area contributed by atoms with Crippen molar-refractivity contribution in [3.05, 3.63) is 27.3 Å². The Bertz CT molecular complexity index is 324. The fraction of sp³-hybridized carbons (Fsp3) is 0.538. The molecule has 0 atom stereocenters. The molecule has 0 fully saturated rings. The van der Waals surface area contributed by atoms with Crippen LogP contribution >= 0.6 is 22.6 Å². The van der Waals surface area contributed by atoms with Crippen molar-refractivity contribution in [3.63, 3.8) is 0 Å². The number of ether oxygens (including phenoxy) is 1. The van der Waals surface area contributed by atoms with Crippen LogP contribution in [0, 0.1) is 10.5 Å². The van der Waals surface area contributed by atoms with Crippen molar-refractivity contribution in [2.24, 2.45) is 0 Å². The molecular weight excluding hydrogens is 313 g/mol. The van der Waals surface area contributed by atoms with Gasteiger partial charge in [-0.15, -0.1) is 0 Å². The number of benzene rings is 1. The molecule has 0 bridgehead atoms. The van der Waals surface area contributed by atoms with Gasteiger partial charge in [0.05, 0.1) is 0 Å². The van der Waals surface area contributed by atoms with Crippen LogP contribution in [0.1, 0.15) is 19.4 Å². The van der Waals surface area contributed by atoms with E-state index in [1.165, 1.54) is 9.13 Å². The van der Waals surface area contributed by atoms with Crippen LogP contribution in [-0.2, 0) is 0 Å². The van der Waals surface area contributed by atoms with Crippen LogP contribution in [0.4, 0.5) is 0 Å². The highest BCUT2D eigenvalue weighted by Crippen LogP contribution is 2.18. The second-order valence-corrected chi connectivity index (χ2v) is 4.95. The summed E-state index contributed by atoms with van der Waals surface area (Å²) in [5, 5.41) is 0. The molecule has 90 valence electrons. The van der Waals surface area contributed by atoms with E-state index in [4.69, 9.17) is 4.74 Å². The van der Waals surface area contributed by atoms with Crippen molar-refractivity contribution in [1.29, 1.82) is 0 Å². The maximum atomic E-state index is 5.73. The summed E-state index contributed by atoms with van der Waals surface area (Å²) in [5.41, 5.74) is 1.30. The summed E-state index contributed by atoms with van der Waals surface area (Å²) in [5.74, 6) is 0.974. The van der Waals surface area contributed by atoms with Crippen LogP contribution in [0.2, 0.25) is 0 Å². The summed E-state index contributed by atoms with van der Waals surface area (Å²) in [6, 6.07) is 6.24. The van der Waals surface area contributed by atoms with Gasteiger partial charge >= 0.3 is 0 Å². The quantitative estimate of drug-likeness (QED) is 0.741. The van der Waals surface area contributed by atoms with Crippen molar-refractivity contribution < 1.29 is 4.74 Å². The minimum atomic E-state index is 0.765. The zero-order valence-corrected chi connectivity index (χ0v) is 12.5. The van der Waals surface area contributed by atoms with E-state index in [0.29, 0.717) is 0 Å². The molecule has 0 aromatic heterocycles. The van der Waals surface area contributed by atoms with Crippen molar-refractivity contribution >= 4 is 22.6 Å². The molecule has 0 N–H and O–H groups in total. The van der Waals surface area contributed by atoms with Gasteiger partial charge in [0, 0.05) is 10.1 Å². The van der Waals surface area contributed by atoms with E-state index in [1.807, 2.05) is 6.07 Å². The number of aryl methyl sites for hydroxylation is 1. The van der Waals surface area contributed by atoms with Crippen molar-refractivity contribution in [2.75, 3.05) is 26.2 Å². The molecule has 0 aliphatic heterocycles. The van der Waals surface area contributed by atoms with Crippen LogP contribution in [0.15, 0.2) is 18.2 Å². The van der Waals surface area contributed by atoms with E-state index in [9.17, 15) is 0 Å². The van der Waals surface area contributed by atoms with Gasteiger partial charge in [-0.3, -0.25) is 0 Å². The minimum Gasteiger partial charge on any atom is -0.492 e. The van der Waals surface area contributed by atoms with Crippen molar-refractivity contribution in [2.45, 2.75) is 20.8 Å². The van der Waals surface area contributed by atoms with Gasteiger partial charge in [0.15, 0.2) is 0 Å². The van der Waals surface area contributed by atoms with Gasteiger partial charge in [-0.2, -0.15) is 0 Å². The minimum absolute atomic E-state index is 0.765. The third kappa shape index (κ3) is 4.29. The third-order valence-electron chi connectivity index (χ3n) is 2.71. The summed E-state index contributed by atoms with van der Waals surface area (Å²) in [6.07, 6.45) is 0. The zero-order valence-electron chi connectivity index (χ0n) is 10.3. The third-order valence-corrected chi connectivity index (χ3v) is 3.88. The topological polar surface area (TPSA) is 12.5 Å². The fourth-order valence-corrected chi connectivity index (χ4v) is 1.98. The van der Waals surface area contributed by atoms with Crippen molar-refractivity contribution in [1.82, 2.24) is 4.90 Å². The summed E-state index contributed by atoms with van der Waals surface area (Å²) in [7, 11) is 0. The molecule has 0 saturated carbocycles. The summed E-state index contributed by atoms with van der Waals surface area (Å²) in [4.78, 5) is 2.36. The molecule has 0 heterocycles. The first-order valence-electron chi connectivity index (χ1n) is 5.78. The SMILES string of the molecule is CCN(CC)CCOc1ccc(C)c(I)c1. The summed E-state index contributed by atoms with van der Waals surface area (Å²) in [6.45, 7) is 10.4. The zero-order chi connectivity index (χ0) is 12.0. The number of nitrogens with zero attached hydrogens (tertiary/aromatic N) is 1. The van der Waals surface area contributed by atoms with Crippen LogP contribution in [-0.4, -0.2) is 31.1 Å². The monoisotopic (exact) mass is 333 g/mol. The predicted octanol–water partition coefficient (Wildman–Crippen LogP) is 3.32. The highest BCUT2D eigenvalue weighted by Gasteiger charge is 2.01. The molecule has 0 aliphatic carbocycles. The number of rotatable bonds is 6. The largest absolute Gasteiger partial charge is 0.492 e. The molecule has 0 amide bonds. The maximum Gasteiger partial charge on any atom is 0.120 e. The highest BCUT2D eigenvalue weighted by molar-refractivity contribution is 14.1. The van der Waals surface area contributed by atoms with Crippen LogP contribution in [0.3, 0.4) is 0 Å². The standard InChI is InChI=1S/C13H20INO/c1-4-15(5-2)8-9-16-12-7-6-11(3)13(14)10-12/h6-7,10H,4-5,8-9H2,1-3H3. The fourth-order valence-electron chi connectivity index (χ4n) is 1.50. The first-order chi connectivity index (χ1) is 7.67. The number of likely N-dealkylation sites (N-methyl/N-ethyl adjacent to an activating group) is 1. The molecule has 0 spiro atoms. The lowest BCUT2D eigenvalue weighted by atomic mass is 10.2. The highest BCUT2D eigenvalue weighted by atomic mass is 127. The molecule has 16 heavy (non-hydrogen) atoms. The second-order valence-electron chi connectivity index (χ2n) is 3.79. The molecule has 2 nitrogen and oxygen atoms in total. The molecule has 0 radical (unpaired) electrons. The summed E-state index contributed by atoms with van der Waals surface area (Å²) >= 11 is 2.34. The van der Waals surface area contributed by atoms with E-state index >= 15 is 0 Å². The predicted molar refractivity (Wildman–Crippen MR) is 77.2 cm³/mol. The molecule has 0 saturated heterocycles. The smallest absolute Gasteiger partial charge is 0.120 e. The Morgan fingerprint density at radius 2 is 1.94 bits per heavy atom. The normalized spacial score (nSPS) is 10.8. The Labute approximate surface area is 112 Å². The molecule has 1 aromatic carbocycles. The number of halogens is 1. The van der Waals surface area contributed by atoms with E-state index in [2.05, 4.69) is 60.4 Å². The molecule has 1 aromatic rings. The van der Waals surface area contributed by atoms with Gasteiger partial charge in [0.25, 0.3) is 0 Å². The van der Waals surface area contributed by atoms with E-state index in [0.717, 1.165) is 32.0 Å². The summed E-state index contributed by atoms with van der Waals surface area (Å²) < 4.78 is 6.99. The molecular formula is C13H20INO. The molecule has 0 aliphatic rings. The van der Waals surface area contributed by atoms with Gasteiger partial charge in [-0.1, -0.05) is 19.9 Å². The molecule has 0 unspecified atom stereocenters. The Kier molecular flexibility index (Phi) is 6.13. The Hall–Kier alpha value is -0.290. The average molecular weight is 333 g/mol. The Morgan fingerprint density at radius 3 is 2.50 bits per heavy atom. The lowest BCUT2D eigenvalue weighted by molar-refractivity contribution is 0.222. The second kappa shape index (κ2) is 7.12. The van der Waals surface area contributed by atoms with Crippen LogP contribution in [0.25, 0.3) is 0 Å². The van der Waals surface area contributed by atoms with Gasteiger partial charge in [0.1, 0.15) is 12.4 Å². The van der Waals surface area contributed by atoms with Gasteiger partial charge < -0.3 is 9.64 Å².